The molecule has 1 aliphatic rings. The van der Waals surface area contributed by atoms with Gasteiger partial charge in [0.25, 0.3) is 0 Å². The molecule has 0 saturated carbocycles. The van der Waals surface area contributed by atoms with Gasteiger partial charge in [-0.1, -0.05) is 12.1 Å². The van der Waals surface area contributed by atoms with E-state index in [9.17, 15) is 14.0 Å². The van der Waals surface area contributed by atoms with E-state index in [0.29, 0.717) is 24.3 Å². The maximum Gasteiger partial charge on any atom is 0.321 e. The molecule has 2 aromatic carbocycles. The Kier molecular flexibility index (Phi) is 4.74. The van der Waals surface area contributed by atoms with E-state index in [2.05, 4.69) is 10.6 Å². The molecule has 0 aromatic heterocycles. The average molecular weight is 327 g/mol. The molecule has 1 saturated heterocycles. The van der Waals surface area contributed by atoms with Gasteiger partial charge in [-0.05, 0) is 48.4 Å². The highest BCUT2D eigenvalue weighted by atomic mass is 19.1. The van der Waals surface area contributed by atoms with Gasteiger partial charge in [-0.3, -0.25) is 9.69 Å². The number of rotatable bonds is 4. The third-order valence-corrected chi connectivity index (χ3v) is 3.80. The number of urea groups is 1. The molecule has 0 aliphatic carbocycles. The van der Waals surface area contributed by atoms with Gasteiger partial charge in [-0.15, -0.1) is 0 Å². The first-order valence-corrected chi connectivity index (χ1v) is 7.81. The van der Waals surface area contributed by atoms with E-state index in [1.54, 1.807) is 41.3 Å². The van der Waals surface area contributed by atoms with Gasteiger partial charge in [0.05, 0.1) is 6.42 Å². The van der Waals surface area contributed by atoms with E-state index in [1.807, 2.05) is 0 Å². The van der Waals surface area contributed by atoms with Gasteiger partial charge in [0.1, 0.15) is 5.82 Å². The molecule has 24 heavy (non-hydrogen) atoms. The zero-order valence-electron chi connectivity index (χ0n) is 13.1. The van der Waals surface area contributed by atoms with Crippen LogP contribution in [0.4, 0.5) is 20.6 Å². The number of amides is 3. The lowest BCUT2D eigenvalue weighted by Gasteiger charge is -2.27. The third kappa shape index (κ3) is 3.90. The molecule has 1 aliphatic heterocycles. The van der Waals surface area contributed by atoms with Crippen LogP contribution in [0.15, 0.2) is 48.5 Å². The highest BCUT2D eigenvalue weighted by Crippen LogP contribution is 2.20. The normalized spacial score (nSPS) is 14.2. The summed E-state index contributed by atoms with van der Waals surface area (Å²) < 4.78 is 13.1. The van der Waals surface area contributed by atoms with Crippen LogP contribution in [0.3, 0.4) is 0 Å². The lowest BCUT2D eigenvalue weighted by molar-refractivity contribution is -0.115. The first-order chi connectivity index (χ1) is 11.6. The van der Waals surface area contributed by atoms with Gasteiger partial charge < -0.3 is 10.6 Å². The largest absolute Gasteiger partial charge is 0.338 e. The van der Waals surface area contributed by atoms with E-state index < -0.39 is 0 Å². The second kappa shape index (κ2) is 7.12. The summed E-state index contributed by atoms with van der Waals surface area (Å²) in [4.78, 5) is 25.5. The van der Waals surface area contributed by atoms with Crippen molar-refractivity contribution in [1.82, 2.24) is 5.32 Å². The Morgan fingerprint density at radius 3 is 2.71 bits per heavy atom. The van der Waals surface area contributed by atoms with Crippen LogP contribution < -0.4 is 15.5 Å². The Balaban J connectivity index is 1.61. The number of carbonyl (C=O) groups is 2. The summed E-state index contributed by atoms with van der Waals surface area (Å²) in [6, 6.07) is 13.0. The summed E-state index contributed by atoms with van der Waals surface area (Å²) in [7, 11) is 0. The van der Waals surface area contributed by atoms with Crippen molar-refractivity contribution < 1.29 is 14.0 Å². The Labute approximate surface area is 139 Å². The first-order valence-electron chi connectivity index (χ1n) is 7.81. The van der Waals surface area contributed by atoms with Crippen LogP contribution in [0, 0.1) is 5.82 Å². The molecule has 3 rings (SSSR count). The number of hydrogen-bond donors (Lipinski definition) is 2. The van der Waals surface area contributed by atoms with Crippen LogP contribution in [-0.2, 0) is 11.2 Å². The fourth-order valence-electron chi connectivity index (χ4n) is 2.64. The molecule has 0 radical (unpaired) electrons. The van der Waals surface area contributed by atoms with E-state index >= 15 is 0 Å². The summed E-state index contributed by atoms with van der Waals surface area (Å²) in [5.41, 5.74) is 2.04. The van der Waals surface area contributed by atoms with E-state index in [4.69, 9.17) is 0 Å². The van der Waals surface area contributed by atoms with Crippen molar-refractivity contribution >= 4 is 23.3 Å². The number of carbonyl (C=O) groups excluding carboxylic acids is 2. The Hall–Kier alpha value is -2.89. The van der Waals surface area contributed by atoms with Crippen molar-refractivity contribution in [3.63, 3.8) is 0 Å². The molecule has 3 amide bonds. The van der Waals surface area contributed by atoms with E-state index in [1.165, 1.54) is 12.1 Å². The molecule has 124 valence electrons. The Morgan fingerprint density at radius 1 is 1.21 bits per heavy atom. The summed E-state index contributed by atoms with van der Waals surface area (Å²) in [6.45, 7) is 1.38. The van der Waals surface area contributed by atoms with E-state index in [0.717, 1.165) is 12.1 Å². The van der Waals surface area contributed by atoms with Crippen molar-refractivity contribution in [2.75, 3.05) is 23.3 Å². The Morgan fingerprint density at radius 2 is 2.00 bits per heavy atom. The molecular weight excluding hydrogens is 309 g/mol. The minimum atomic E-state index is -0.357. The SMILES string of the molecule is O=C(Cc1cccc(F)c1)Nc1ccc(N2CCCNC2=O)cc1. The van der Waals surface area contributed by atoms with Crippen molar-refractivity contribution in [2.45, 2.75) is 12.8 Å². The van der Waals surface area contributed by atoms with E-state index in [-0.39, 0.29) is 24.2 Å². The van der Waals surface area contributed by atoms with Gasteiger partial charge >= 0.3 is 6.03 Å². The molecule has 2 N–H and O–H groups in total. The van der Waals surface area contributed by atoms with Crippen LogP contribution >= 0.6 is 0 Å². The number of halogens is 1. The van der Waals surface area contributed by atoms with Crippen molar-refractivity contribution in [2.24, 2.45) is 0 Å². The molecule has 6 heteroatoms. The molecule has 1 fully saturated rings. The first kappa shape index (κ1) is 16.0. The quantitative estimate of drug-likeness (QED) is 0.907. The van der Waals surface area contributed by atoms with Gasteiger partial charge in [0.15, 0.2) is 0 Å². The second-order valence-corrected chi connectivity index (χ2v) is 5.64. The Bertz CT molecular complexity index is 746. The van der Waals surface area contributed by atoms with Gasteiger partial charge in [0, 0.05) is 24.5 Å². The van der Waals surface area contributed by atoms with Crippen LogP contribution in [-0.4, -0.2) is 25.0 Å². The zero-order chi connectivity index (χ0) is 16.9. The smallest absolute Gasteiger partial charge is 0.321 e. The molecule has 0 spiro atoms. The van der Waals surface area contributed by atoms with Crippen LogP contribution in [0.1, 0.15) is 12.0 Å². The lowest BCUT2D eigenvalue weighted by atomic mass is 10.1. The predicted molar refractivity (Wildman–Crippen MR) is 90.5 cm³/mol. The highest BCUT2D eigenvalue weighted by molar-refractivity contribution is 5.94. The molecule has 0 bridgehead atoms. The van der Waals surface area contributed by atoms with Crippen LogP contribution in [0.25, 0.3) is 0 Å². The molecular formula is C18H18FN3O2. The summed E-state index contributed by atoms with van der Waals surface area (Å²) in [6.07, 6.45) is 1.01. The van der Waals surface area contributed by atoms with Gasteiger partial charge in [0.2, 0.25) is 5.91 Å². The number of nitrogens with zero attached hydrogens (tertiary/aromatic N) is 1. The standard InChI is InChI=1S/C18H18FN3O2/c19-14-4-1-3-13(11-14)12-17(23)21-15-5-7-16(8-6-15)22-10-2-9-20-18(22)24/h1,3-8,11H,2,9-10,12H2,(H,20,24)(H,21,23). The van der Waals surface area contributed by atoms with Crippen molar-refractivity contribution in [1.29, 1.82) is 0 Å². The monoisotopic (exact) mass is 327 g/mol. The maximum atomic E-state index is 13.1. The fourth-order valence-corrected chi connectivity index (χ4v) is 2.64. The number of nitrogens with one attached hydrogen (secondary N) is 2. The fraction of sp³-hybridized carbons (Fsp3) is 0.222. The van der Waals surface area contributed by atoms with Crippen LogP contribution in [0.2, 0.25) is 0 Å². The number of anilines is 2. The van der Waals surface area contributed by atoms with Gasteiger partial charge in [-0.2, -0.15) is 0 Å². The minimum Gasteiger partial charge on any atom is -0.338 e. The lowest BCUT2D eigenvalue weighted by Crippen LogP contribution is -2.46. The molecule has 0 atom stereocenters. The number of benzene rings is 2. The third-order valence-electron chi connectivity index (χ3n) is 3.80. The average Bonchev–Trinajstić information content (AvgIpc) is 2.56. The topological polar surface area (TPSA) is 61.4 Å². The molecule has 2 aromatic rings. The summed E-state index contributed by atoms with van der Waals surface area (Å²) in [5.74, 6) is -0.575. The summed E-state index contributed by atoms with van der Waals surface area (Å²) in [5, 5.41) is 5.57. The molecule has 5 nitrogen and oxygen atoms in total. The predicted octanol–water partition coefficient (Wildman–Crippen LogP) is 2.93. The van der Waals surface area contributed by atoms with Crippen LogP contribution in [0.5, 0.6) is 0 Å². The zero-order valence-corrected chi connectivity index (χ0v) is 13.1. The molecule has 1 heterocycles. The summed E-state index contributed by atoms with van der Waals surface area (Å²) >= 11 is 0. The van der Waals surface area contributed by atoms with Gasteiger partial charge in [-0.25, -0.2) is 9.18 Å². The van der Waals surface area contributed by atoms with Crippen molar-refractivity contribution in [3.05, 3.63) is 59.9 Å². The maximum absolute atomic E-state index is 13.1. The highest BCUT2D eigenvalue weighted by Gasteiger charge is 2.18. The molecule has 0 unspecified atom stereocenters. The number of hydrogen-bond acceptors (Lipinski definition) is 2. The minimum absolute atomic E-state index is 0.105. The van der Waals surface area contributed by atoms with Crippen molar-refractivity contribution in [3.8, 4) is 0 Å². The second-order valence-electron chi connectivity index (χ2n) is 5.64.